The Morgan fingerprint density at radius 3 is 0.381 bits per heavy atom. The van der Waals surface area contributed by atoms with Gasteiger partial charge in [0.2, 0.25) is 0 Å². The Balaban J connectivity index is 4.97. The SMILES string of the molecule is C[Si](C)(C)C#Cc1c(C#C[Si](C)(C)C)c(C#C[Si](C)(C)C)c(C#C[Si](C)(C)C)c(C#C[Si](C)(C)C)c1C#C[Si](C)(C)C. The van der Waals surface area contributed by atoms with Crippen molar-refractivity contribution in [3.63, 3.8) is 0 Å². The van der Waals surface area contributed by atoms with Gasteiger partial charge in [0.05, 0.1) is 33.4 Å². The Labute approximate surface area is 267 Å². The zero-order valence-electron chi connectivity index (χ0n) is 30.0. The normalized spacial score (nSPS) is 11.9. The third kappa shape index (κ3) is 15.4. The Morgan fingerprint density at radius 1 is 0.214 bits per heavy atom. The van der Waals surface area contributed by atoms with Crippen LogP contribution in [0.15, 0.2) is 0 Å². The van der Waals surface area contributed by atoms with Crippen molar-refractivity contribution in [2.24, 2.45) is 0 Å². The fraction of sp³-hybridized carbons (Fsp3) is 0.500. The lowest BCUT2D eigenvalue weighted by molar-refractivity contribution is 1.44. The average molecular weight is 655 g/mol. The molecule has 0 nitrogen and oxygen atoms in total. The highest BCUT2D eigenvalue weighted by Crippen LogP contribution is 2.28. The van der Waals surface area contributed by atoms with Gasteiger partial charge in [-0.3, -0.25) is 0 Å². The van der Waals surface area contributed by atoms with Crippen molar-refractivity contribution < 1.29 is 0 Å². The number of benzene rings is 1. The highest BCUT2D eigenvalue weighted by Gasteiger charge is 2.23. The molecule has 222 valence electrons. The maximum absolute atomic E-state index is 3.66. The fourth-order valence-electron chi connectivity index (χ4n) is 3.00. The topological polar surface area (TPSA) is 0 Å². The molecule has 1 rings (SSSR count). The van der Waals surface area contributed by atoms with Gasteiger partial charge in [-0.05, 0) is 0 Å². The molecule has 0 aliphatic rings. The summed E-state index contributed by atoms with van der Waals surface area (Å²) < 4.78 is 0. The van der Waals surface area contributed by atoms with Gasteiger partial charge in [-0.15, -0.1) is 33.3 Å². The van der Waals surface area contributed by atoms with E-state index < -0.39 is 48.4 Å². The molecule has 0 heterocycles. The predicted octanol–water partition coefficient (Wildman–Crippen LogP) is 9.06. The van der Waals surface area contributed by atoms with Crippen LogP contribution >= 0.6 is 0 Å². The summed E-state index contributed by atoms with van der Waals surface area (Å²) in [6, 6.07) is 0. The van der Waals surface area contributed by atoms with Crippen LogP contribution < -0.4 is 0 Å². The summed E-state index contributed by atoms with van der Waals surface area (Å²) >= 11 is 0. The van der Waals surface area contributed by atoms with Gasteiger partial charge in [0, 0.05) is 0 Å². The van der Waals surface area contributed by atoms with Crippen molar-refractivity contribution in [1.29, 1.82) is 0 Å². The van der Waals surface area contributed by atoms with Crippen LogP contribution in [0.3, 0.4) is 0 Å². The van der Waals surface area contributed by atoms with Gasteiger partial charge in [-0.2, -0.15) is 0 Å². The number of hydrogen-bond acceptors (Lipinski definition) is 0. The van der Waals surface area contributed by atoms with Crippen molar-refractivity contribution >= 4 is 48.4 Å². The molecule has 0 spiro atoms. The largest absolute Gasteiger partial charge is 0.129 e. The molecule has 0 unspecified atom stereocenters. The van der Waals surface area contributed by atoms with Gasteiger partial charge in [-0.1, -0.05) is 153 Å². The predicted molar refractivity (Wildman–Crippen MR) is 208 cm³/mol. The second-order valence-corrected chi connectivity index (χ2v) is 45.8. The Bertz CT molecular complexity index is 1240. The van der Waals surface area contributed by atoms with Crippen LogP contribution in [0.5, 0.6) is 0 Å². The molecular formula is C36H54Si6. The molecule has 0 saturated heterocycles. The third-order valence-corrected chi connectivity index (χ3v) is 10.1. The van der Waals surface area contributed by atoms with Crippen molar-refractivity contribution in [2.45, 2.75) is 118 Å². The Kier molecular flexibility index (Phi) is 12.3. The van der Waals surface area contributed by atoms with E-state index >= 15 is 0 Å². The minimum absolute atomic E-state index is 0.909. The van der Waals surface area contributed by atoms with E-state index in [9.17, 15) is 0 Å². The fourth-order valence-corrected chi connectivity index (χ4v) is 6.00. The average Bonchev–Trinajstić information content (AvgIpc) is 2.72. The van der Waals surface area contributed by atoms with E-state index in [-0.39, 0.29) is 0 Å². The zero-order chi connectivity index (χ0) is 32.9. The summed E-state index contributed by atoms with van der Waals surface area (Å²) in [4.78, 5) is 0. The maximum Gasteiger partial charge on any atom is 0.129 e. The molecule has 0 fully saturated rings. The molecule has 42 heavy (non-hydrogen) atoms. The van der Waals surface area contributed by atoms with E-state index in [0.29, 0.717) is 0 Å². The van der Waals surface area contributed by atoms with E-state index in [2.05, 4.69) is 187 Å². The molecular weight excluding hydrogens is 601 g/mol. The van der Waals surface area contributed by atoms with Gasteiger partial charge < -0.3 is 0 Å². The molecule has 0 bridgehead atoms. The highest BCUT2D eigenvalue weighted by atomic mass is 28.3. The van der Waals surface area contributed by atoms with Gasteiger partial charge in [-0.25, -0.2) is 0 Å². The van der Waals surface area contributed by atoms with Crippen LogP contribution in [0.2, 0.25) is 118 Å². The minimum Gasteiger partial charge on any atom is -0.127 e. The van der Waals surface area contributed by atoms with E-state index in [1.807, 2.05) is 0 Å². The zero-order valence-corrected chi connectivity index (χ0v) is 36.0. The molecule has 0 aromatic heterocycles. The Morgan fingerprint density at radius 2 is 0.310 bits per heavy atom. The van der Waals surface area contributed by atoms with Crippen LogP contribution in [0.1, 0.15) is 33.4 Å². The first-order valence-electron chi connectivity index (χ1n) is 15.0. The summed E-state index contributed by atoms with van der Waals surface area (Å²) in [6.07, 6.45) is 0. The van der Waals surface area contributed by atoms with Crippen LogP contribution in [0.4, 0.5) is 0 Å². The second kappa shape index (κ2) is 13.7. The van der Waals surface area contributed by atoms with Gasteiger partial charge in [0.25, 0.3) is 0 Å². The molecule has 0 saturated carbocycles. The summed E-state index contributed by atoms with van der Waals surface area (Å²) in [5.41, 5.74) is 27.4. The smallest absolute Gasteiger partial charge is 0.127 e. The maximum atomic E-state index is 3.66. The standard InChI is InChI=1S/C36H54Si6/c1-37(2,3)25-19-31-32(20-26-38(4,5)6)34(22-28-40(10,11)12)36(24-30-42(16,17)18)35(23-29-41(13,14)15)33(31)21-27-39(7,8)9/h1-18H3. The van der Waals surface area contributed by atoms with Crippen molar-refractivity contribution in [3.05, 3.63) is 33.4 Å². The lowest BCUT2D eigenvalue weighted by Gasteiger charge is -2.16. The molecule has 0 aliphatic carbocycles. The summed E-state index contributed by atoms with van der Waals surface area (Å²) in [6.45, 7) is 41.1. The Hall–Kier alpha value is -2.12. The molecule has 1 aromatic carbocycles. The first-order valence-corrected chi connectivity index (χ1v) is 36.0. The van der Waals surface area contributed by atoms with Crippen LogP contribution in [0, 0.1) is 68.8 Å². The van der Waals surface area contributed by atoms with E-state index in [0.717, 1.165) is 33.4 Å². The lowest BCUT2D eigenvalue weighted by atomic mass is 9.87. The molecule has 6 heteroatoms. The minimum atomic E-state index is -1.71. The summed E-state index contributed by atoms with van der Waals surface area (Å²) in [5.74, 6) is 21.9. The van der Waals surface area contributed by atoms with Crippen molar-refractivity contribution in [3.8, 4) is 68.8 Å². The summed E-state index contributed by atoms with van der Waals surface area (Å²) in [7, 11) is -10.3. The highest BCUT2D eigenvalue weighted by molar-refractivity contribution is 6.85. The van der Waals surface area contributed by atoms with Gasteiger partial charge >= 0.3 is 0 Å². The number of hydrogen-bond donors (Lipinski definition) is 0. The molecule has 0 N–H and O–H groups in total. The molecule has 0 aliphatic heterocycles. The van der Waals surface area contributed by atoms with Crippen LogP contribution in [-0.2, 0) is 0 Å². The molecule has 0 radical (unpaired) electrons. The molecule has 1 aromatic rings. The molecule has 0 atom stereocenters. The second-order valence-electron chi connectivity index (χ2n) is 17.2. The van der Waals surface area contributed by atoms with Crippen LogP contribution in [-0.4, -0.2) is 48.4 Å². The first-order chi connectivity index (χ1) is 18.6. The molecule has 0 amide bonds. The monoisotopic (exact) mass is 654 g/mol. The quantitative estimate of drug-likeness (QED) is 0.193. The van der Waals surface area contributed by atoms with Gasteiger partial charge in [0.15, 0.2) is 0 Å². The van der Waals surface area contributed by atoms with Crippen LogP contribution in [0.25, 0.3) is 0 Å². The lowest BCUT2D eigenvalue weighted by Crippen LogP contribution is -2.19. The van der Waals surface area contributed by atoms with Crippen molar-refractivity contribution in [2.75, 3.05) is 0 Å². The third-order valence-electron chi connectivity index (χ3n) is 4.88. The number of rotatable bonds is 0. The summed E-state index contributed by atoms with van der Waals surface area (Å²) in [5, 5.41) is 0. The van der Waals surface area contributed by atoms with E-state index in [1.54, 1.807) is 0 Å². The van der Waals surface area contributed by atoms with E-state index in [4.69, 9.17) is 0 Å². The first kappa shape index (κ1) is 37.9. The van der Waals surface area contributed by atoms with E-state index in [1.165, 1.54) is 0 Å². The van der Waals surface area contributed by atoms with Crippen molar-refractivity contribution in [1.82, 2.24) is 0 Å². The van der Waals surface area contributed by atoms with Gasteiger partial charge in [0.1, 0.15) is 48.4 Å².